The summed E-state index contributed by atoms with van der Waals surface area (Å²) in [5.41, 5.74) is -1.84. The van der Waals surface area contributed by atoms with E-state index in [1.54, 1.807) is 6.07 Å². The SMILES string of the molecule is Cc1c(F)cc(NC=C(C#N)c2nn[nH]n2)cc1C(F)(F)F. The molecule has 0 amide bonds. The maximum absolute atomic E-state index is 13.6. The molecular formula is C12H8F4N6. The summed E-state index contributed by atoms with van der Waals surface area (Å²) in [7, 11) is 0. The van der Waals surface area contributed by atoms with Crippen molar-refractivity contribution in [2.75, 3.05) is 5.32 Å². The molecule has 0 radical (unpaired) electrons. The van der Waals surface area contributed by atoms with Crippen LogP contribution in [0.15, 0.2) is 18.3 Å². The van der Waals surface area contributed by atoms with Crippen LogP contribution in [0.3, 0.4) is 0 Å². The van der Waals surface area contributed by atoms with Gasteiger partial charge in [-0.2, -0.15) is 23.6 Å². The predicted octanol–water partition coefficient (Wildman–Crippen LogP) is 2.64. The van der Waals surface area contributed by atoms with Crippen LogP contribution in [0, 0.1) is 24.1 Å². The van der Waals surface area contributed by atoms with Gasteiger partial charge in [-0.1, -0.05) is 0 Å². The van der Waals surface area contributed by atoms with Crippen LogP contribution in [-0.2, 0) is 6.18 Å². The average Bonchev–Trinajstić information content (AvgIpc) is 2.96. The summed E-state index contributed by atoms with van der Waals surface area (Å²) in [5.74, 6) is -1.05. The van der Waals surface area contributed by atoms with Gasteiger partial charge < -0.3 is 5.32 Å². The summed E-state index contributed by atoms with van der Waals surface area (Å²) in [4.78, 5) is 0. The van der Waals surface area contributed by atoms with Crippen molar-refractivity contribution in [1.82, 2.24) is 20.6 Å². The van der Waals surface area contributed by atoms with Crippen LogP contribution in [0.1, 0.15) is 17.0 Å². The van der Waals surface area contributed by atoms with E-state index in [-0.39, 0.29) is 17.1 Å². The number of nitrogens with zero attached hydrogens (tertiary/aromatic N) is 4. The van der Waals surface area contributed by atoms with E-state index in [1.165, 1.54) is 0 Å². The monoisotopic (exact) mass is 312 g/mol. The molecule has 22 heavy (non-hydrogen) atoms. The Bertz CT molecular complexity index is 742. The van der Waals surface area contributed by atoms with E-state index in [0.717, 1.165) is 25.3 Å². The van der Waals surface area contributed by atoms with Crippen LogP contribution in [0.4, 0.5) is 23.2 Å². The highest BCUT2D eigenvalue weighted by atomic mass is 19.4. The molecule has 0 bridgehead atoms. The molecule has 0 fully saturated rings. The number of benzene rings is 1. The Kier molecular flexibility index (Phi) is 4.07. The van der Waals surface area contributed by atoms with Crippen molar-refractivity contribution in [3.05, 3.63) is 41.1 Å². The topological polar surface area (TPSA) is 90.3 Å². The van der Waals surface area contributed by atoms with Gasteiger partial charge in [0.2, 0.25) is 5.82 Å². The van der Waals surface area contributed by atoms with Crippen molar-refractivity contribution in [1.29, 1.82) is 5.26 Å². The number of hydrogen-bond acceptors (Lipinski definition) is 5. The molecule has 0 saturated heterocycles. The largest absolute Gasteiger partial charge is 0.416 e. The maximum atomic E-state index is 13.6. The Labute approximate surface area is 121 Å². The molecule has 10 heteroatoms. The van der Waals surface area contributed by atoms with Crippen molar-refractivity contribution in [2.45, 2.75) is 13.1 Å². The highest BCUT2D eigenvalue weighted by molar-refractivity contribution is 5.74. The molecule has 114 valence electrons. The Morgan fingerprint density at radius 3 is 2.68 bits per heavy atom. The van der Waals surface area contributed by atoms with Crippen LogP contribution in [0.25, 0.3) is 5.57 Å². The number of aromatic nitrogens is 4. The van der Waals surface area contributed by atoms with E-state index in [9.17, 15) is 17.6 Å². The molecule has 0 saturated carbocycles. The van der Waals surface area contributed by atoms with Crippen LogP contribution in [0.2, 0.25) is 0 Å². The van der Waals surface area contributed by atoms with E-state index < -0.39 is 23.1 Å². The van der Waals surface area contributed by atoms with Crippen molar-refractivity contribution >= 4 is 11.3 Å². The molecular weight excluding hydrogens is 304 g/mol. The summed E-state index contributed by atoms with van der Waals surface area (Å²) in [6.07, 6.45) is -3.62. The fourth-order valence-electron chi connectivity index (χ4n) is 1.63. The first-order valence-corrected chi connectivity index (χ1v) is 5.81. The number of nitrogens with one attached hydrogen (secondary N) is 2. The minimum absolute atomic E-state index is 0.0429. The lowest BCUT2D eigenvalue weighted by molar-refractivity contribution is -0.138. The van der Waals surface area contributed by atoms with Gasteiger partial charge >= 0.3 is 6.18 Å². The summed E-state index contributed by atoms with van der Waals surface area (Å²) >= 11 is 0. The second-order valence-electron chi connectivity index (χ2n) is 4.18. The number of anilines is 1. The molecule has 2 N–H and O–H groups in total. The first-order chi connectivity index (χ1) is 10.3. The molecule has 0 aliphatic rings. The normalized spacial score (nSPS) is 12.1. The minimum atomic E-state index is -4.68. The van der Waals surface area contributed by atoms with Gasteiger partial charge in [0, 0.05) is 11.9 Å². The fourth-order valence-corrected chi connectivity index (χ4v) is 1.63. The number of halogens is 4. The number of aromatic amines is 1. The van der Waals surface area contributed by atoms with Crippen molar-refractivity contribution < 1.29 is 17.6 Å². The maximum Gasteiger partial charge on any atom is 0.416 e. The Morgan fingerprint density at radius 1 is 1.41 bits per heavy atom. The van der Waals surface area contributed by atoms with Crippen molar-refractivity contribution in [3.63, 3.8) is 0 Å². The van der Waals surface area contributed by atoms with Gasteiger partial charge in [-0.05, 0) is 29.8 Å². The third kappa shape index (κ3) is 3.20. The predicted molar refractivity (Wildman–Crippen MR) is 67.5 cm³/mol. The van der Waals surface area contributed by atoms with Gasteiger partial charge in [-0.15, -0.1) is 10.2 Å². The molecule has 0 aliphatic heterocycles. The highest BCUT2D eigenvalue weighted by Gasteiger charge is 2.33. The smallest absolute Gasteiger partial charge is 0.360 e. The van der Waals surface area contributed by atoms with Gasteiger partial charge in [-0.3, -0.25) is 0 Å². The molecule has 0 aliphatic carbocycles. The number of allylic oxidation sites excluding steroid dienone is 1. The number of tetrazole rings is 1. The summed E-state index contributed by atoms with van der Waals surface area (Å²) in [6, 6.07) is 3.39. The number of rotatable bonds is 3. The summed E-state index contributed by atoms with van der Waals surface area (Å²) < 4.78 is 52.0. The zero-order valence-corrected chi connectivity index (χ0v) is 11.0. The number of H-pyrrole nitrogens is 1. The van der Waals surface area contributed by atoms with Gasteiger partial charge in [0.15, 0.2) is 0 Å². The van der Waals surface area contributed by atoms with Crippen molar-refractivity contribution in [3.8, 4) is 6.07 Å². The standard InChI is InChI=1S/C12H8F4N6/c1-6-9(12(14,15)16)2-8(3-10(6)13)18-5-7(4-17)11-19-21-22-20-11/h2-3,5,18H,1H3,(H,19,20,21,22). The average molecular weight is 312 g/mol. The van der Waals surface area contributed by atoms with Gasteiger partial charge in [-0.25, -0.2) is 4.39 Å². The molecule has 6 nitrogen and oxygen atoms in total. The molecule has 2 rings (SSSR count). The zero-order chi connectivity index (χ0) is 16.3. The van der Waals surface area contributed by atoms with Crippen molar-refractivity contribution in [2.24, 2.45) is 0 Å². The van der Waals surface area contributed by atoms with Crippen LogP contribution in [-0.4, -0.2) is 20.6 Å². The van der Waals surface area contributed by atoms with Crippen LogP contribution >= 0.6 is 0 Å². The third-order valence-electron chi connectivity index (χ3n) is 2.74. The molecule has 1 aromatic carbocycles. The van der Waals surface area contributed by atoms with Gasteiger partial charge in [0.05, 0.1) is 5.56 Å². The number of alkyl halides is 3. The second kappa shape index (κ2) is 5.80. The van der Waals surface area contributed by atoms with Crippen LogP contribution in [0.5, 0.6) is 0 Å². The molecule has 0 unspecified atom stereocenters. The molecule has 0 atom stereocenters. The quantitative estimate of drug-likeness (QED) is 0.671. The first kappa shape index (κ1) is 15.4. The van der Waals surface area contributed by atoms with E-state index in [2.05, 4.69) is 25.9 Å². The van der Waals surface area contributed by atoms with Crippen LogP contribution < -0.4 is 5.32 Å². The fraction of sp³-hybridized carbons (Fsp3) is 0.167. The Hall–Kier alpha value is -2.96. The Morgan fingerprint density at radius 2 is 2.14 bits per heavy atom. The molecule has 2 aromatic rings. The highest BCUT2D eigenvalue weighted by Crippen LogP contribution is 2.34. The van der Waals surface area contributed by atoms with E-state index >= 15 is 0 Å². The number of hydrogen-bond donors (Lipinski definition) is 2. The lowest BCUT2D eigenvalue weighted by Crippen LogP contribution is -2.09. The van der Waals surface area contributed by atoms with E-state index in [4.69, 9.17) is 5.26 Å². The number of nitriles is 1. The molecule has 1 aromatic heterocycles. The molecule has 0 spiro atoms. The lowest BCUT2D eigenvalue weighted by atomic mass is 10.1. The minimum Gasteiger partial charge on any atom is -0.360 e. The summed E-state index contributed by atoms with van der Waals surface area (Å²) in [6.45, 7) is 1.04. The van der Waals surface area contributed by atoms with Gasteiger partial charge in [0.25, 0.3) is 0 Å². The zero-order valence-electron chi connectivity index (χ0n) is 11.0. The van der Waals surface area contributed by atoms with E-state index in [0.29, 0.717) is 0 Å². The first-order valence-electron chi connectivity index (χ1n) is 5.81. The second-order valence-corrected chi connectivity index (χ2v) is 4.18. The Balaban J connectivity index is 2.35. The van der Waals surface area contributed by atoms with E-state index in [1.807, 2.05) is 0 Å². The van der Waals surface area contributed by atoms with Gasteiger partial charge in [0.1, 0.15) is 17.5 Å². The lowest BCUT2D eigenvalue weighted by Gasteiger charge is -2.13. The third-order valence-corrected chi connectivity index (χ3v) is 2.74. The summed E-state index contributed by atoms with van der Waals surface area (Å²) in [5, 5.41) is 23.8. The molecule has 1 heterocycles.